The second-order valence-electron chi connectivity index (χ2n) is 4.11. The molecule has 1 aromatic carbocycles. The molecule has 0 aliphatic rings. The summed E-state index contributed by atoms with van der Waals surface area (Å²) in [6, 6.07) is 5.56. The molecule has 0 heterocycles. The summed E-state index contributed by atoms with van der Waals surface area (Å²) in [6.07, 6.45) is 0. The molecule has 0 unspecified atom stereocenters. The number of rotatable bonds is 11. The molecule has 0 bridgehead atoms. The SMILES string of the molecule is OCCOCc1cc(COCCO)cc(OCCO)c1. The Kier molecular flexibility index (Phi) is 8.93. The molecule has 0 saturated heterocycles. The van der Waals surface area contributed by atoms with E-state index in [0.29, 0.717) is 19.0 Å². The summed E-state index contributed by atoms with van der Waals surface area (Å²) in [6.45, 7) is 1.41. The number of hydrogen-bond acceptors (Lipinski definition) is 6. The Labute approximate surface area is 118 Å². The van der Waals surface area contributed by atoms with Crippen LogP contribution in [0.25, 0.3) is 0 Å². The van der Waals surface area contributed by atoms with Gasteiger partial charge in [-0.05, 0) is 23.3 Å². The van der Waals surface area contributed by atoms with Crippen molar-refractivity contribution in [1.29, 1.82) is 0 Å². The minimum absolute atomic E-state index is 0.0207. The second-order valence-corrected chi connectivity index (χ2v) is 4.11. The minimum Gasteiger partial charge on any atom is -0.491 e. The lowest BCUT2D eigenvalue weighted by Crippen LogP contribution is -2.05. The van der Waals surface area contributed by atoms with Gasteiger partial charge in [-0.1, -0.05) is 6.07 Å². The van der Waals surface area contributed by atoms with Gasteiger partial charge in [0.05, 0.1) is 46.2 Å². The monoisotopic (exact) mass is 286 g/mol. The molecule has 0 aromatic heterocycles. The van der Waals surface area contributed by atoms with Crippen molar-refractivity contribution in [2.45, 2.75) is 13.2 Å². The maximum absolute atomic E-state index is 8.78. The van der Waals surface area contributed by atoms with E-state index in [-0.39, 0.29) is 39.6 Å². The van der Waals surface area contributed by atoms with E-state index >= 15 is 0 Å². The molecule has 20 heavy (non-hydrogen) atoms. The Morgan fingerprint density at radius 1 is 0.700 bits per heavy atom. The standard InChI is InChI=1S/C14H22O6/c15-1-4-18-10-12-7-13(11-19-5-2-16)9-14(8-12)20-6-3-17/h7-9,15-17H,1-6,10-11H2. The van der Waals surface area contributed by atoms with E-state index in [1.807, 2.05) is 18.2 Å². The first-order valence-corrected chi connectivity index (χ1v) is 6.54. The van der Waals surface area contributed by atoms with E-state index in [9.17, 15) is 0 Å². The van der Waals surface area contributed by atoms with Crippen LogP contribution >= 0.6 is 0 Å². The highest BCUT2D eigenvalue weighted by Gasteiger charge is 2.03. The van der Waals surface area contributed by atoms with Gasteiger partial charge in [-0.25, -0.2) is 0 Å². The molecule has 0 fully saturated rings. The quantitative estimate of drug-likeness (QED) is 0.499. The average Bonchev–Trinajstić information content (AvgIpc) is 2.46. The first kappa shape index (κ1) is 16.9. The van der Waals surface area contributed by atoms with E-state index in [1.54, 1.807) is 0 Å². The molecule has 6 heteroatoms. The Morgan fingerprint density at radius 3 is 1.65 bits per heavy atom. The van der Waals surface area contributed by atoms with E-state index in [1.165, 1.54) is 0 Å². The van der Waals surface area contributed by atoms with E-state index in [2.05, 4.69) is 0 Å². The third-order valence-corrected chi connectivity index (χ3v) is 2.39. The summed E-state index contributed by atoms with van der Waals surface area (Å²) in [5, 5.41) is 26.2. The topological polar surface area (TPSA) is 88.4 Å². The van der Waals surface area contributed by atoms with Crippen LogP contribution in [0.15, 0.2) is 18.2 Å². The maximum Gasteiger partial charge on any atom is 0.120 e. The Morgan fingerprint density at radius 2 is 1.20 bits per heavy atom. The molecule has 1 aromatic rings. The normalized spacial score (nSPS) is 10.8. The number of ether oxygens (including phenoxy) is 3. The number of hydrogen-bond donors (Lipinski definition) is 3. The molecule has 0 spiro atoms. The van der Waals surface area contributed by atoms with Gasteiger partial charge < -0.3 is 29.5 Å². The third-order valence-electron chi connectivity index (χ3n) is 2.39. The third kappa shape index (κ3) is 6.83. The highest BCUT2D eigenvalue weighted by Crippen LogP contribution is 2.19. The lowest BCUT2D eigenvalue weighted by molar-refractivity contribution is 0.0783. The molecule has 0 aliphatic heterocycles. The summed E-state index contributed by atoms with van der Waals surface area (Å²) >= 11 is 0. The van der Waals surface area contributed by atoms with Crippen LogP contribution in [-0.2, 0) is 22.7 Å². The van der Waals surface area contributed by atoms with E-state index in [4.69, 9.17) is 29.5 Å². The molecule has 0 aliphatic carbocycles. The average molecular weight is 286 g/mol. The molecule has 0 saturated carbocycles. The minimum atomic E-state index is -0.0540. The fourth-order valence-electron chi connectivity index (χ4n) is 1.65. The summed E-state index contributed by atoms with van der Waals surface area (Å²) < 4.78 is 15.9. The van der Waals surface area contributed by atoms with Crippen molar-refractivity contribution in [3.05, 3.63) is 29.3 Å². The van der Waals surface area contributed by atoms with Gasteiger partial charge in [-0.2, -0.15) is 0 Å². The maximum atomic E-state index is 8.78. The van der Waals surface area contributed by atoms with Crippen molar-refractivity contribution in [1.82, 2.24) is 0 Å². The van der Waals surface area contributed by atoms with Crippen LogP contribution in [0.5, 0.6) is 5.75 Å². The van der Waals surface area contributed by atoms with Crippen LogP contribution in [0.2, 0.25) is 0 Å². The molecular formula is C14H22O6. The molecule has 0 amide bonds. The lowest BCUT2D eigenvalue weighted by Gasteiger charge is -2.11. The van der Waals surface area contributed by atoms with Gasteiger partial charge in [0.25, 0.3) is 0 Å². The zero-order valence-corrected chi connectivity index (χ0v) is 11.5. The number of aliphatic hydroxyl groups is 3. The fraction of sp³-hybridized carbons (Fsp3) is 0.571. The van der Waals surface area contributed by atoms with Crippen molar-refractivity contribution in [3.8, 4) is 5.75 Å². The Bertz CT molecular complexity index is 340. The lowest BCUT2D eigenvalue weighted by atomic mass is 10.1. The number of aliphatic hydroxyl groups excluding tert-OH is 3. The van der Waals surface area contributed by atoms with Crippen molar-refractivity contribution < 1.29 is 29.5 Å². The van der Waals surface area contributed by atoms with Crippen LogP contribution in [0.3, 0.4) is 0 Å². The van der Waals surface area contributed by atoms with Crippen LogP contribution < -0.4 is 4.74 Å². The molecular weight excluding hydrogens is 264 g/mol. The van der Waals surface area contributed by atoms with Gasteiger partial charge in [0.15, 0.2) is 0 Å². The van der Waals surface area contributed by atoms with Gasteiger partial charge in [0.2, 0.25) is 0 Å². The van der Waals surface area contributed by atoms with Gasteiger partial charge >= 0.3 is 0 Å². The summed E-state index contributed by atoms with van der Waals surface area (Å²) in [7, 11) is 0. The Hall–Kier alpha value is -1.18. The molecule has 0 atom stereocenters. The highest BCUT2D eigenvalue weighted by atomic mass is 16.5. The highest BCUT2D eigenvalue weighted by molar-refractivity contribution is 5.34. The second kappa shape index (κ2) is 10.6. The van der Waals surface area contributed by atoms with Crippen molar-refractivity contribution in [3.63, 3.8) is 0 Å². The number of benzene rings is 1. The van der Waals surface area contributed by atoms with Crippen molar-refractivity contribution in [2.75, 3.05) is 39.6 Å². The molecule has 114 valence electrons. The predicted molar refractivity (Wildman–Crippen MR) is 72.5 cm³/mol. The summed E-state index contributed by atoms with van der Waals surface area (Å²) in [5.41, 5.74) is 1.80. The summed E-state index contributed by atoms with van der Waals surface area (Å²) in [5.74, 6) is 0.631. The zero-order chi connectivity index (χ0) is 14.6. The van der Waals surface area contributed by atoms with Crippen LogP contribution in [-0.4, -0.2) is 55.0 Å². The van der Waals surface area contributed by atoms with E-state index < -0.39 is 0 Å². The molecule has 3 N–H and O–H groups in total. The van der Waals surface area contributed by atoms with Crippen molar-refractivity contribution >= 4 is 0 Å². The first-order chi connectivity index (χ1) is 9.80. The smallest absolute Gasteiger partial charge is 0.120 e. The van der Waals surface area contributed by atoms with Gasteiger partial charge in [0.1, 0.15) is 12.4 Å². The Balaban J connectivity index is 2.67. The largest absolute Gasteiger partial charge is 0.491 e. The fourth-order valence-corrected chi connectivity index (χ4v) is 1.65. The van der Waals surface area contributed by atoms with E-state index in [0.717, 1.165) is 11.1 Å². The van der Waals surface area contributed by atoms with Crippen LogP contribution in [0.1, 0.15) is 11.1 Å². The van der Waals surface area contributed by atoms with Gasteiger partial charge in [0, 0.05) is 0 Å². The van der Waals surface area contributed by atoms with Gasteiger partial charge in [-0.15, -0.1) is 0 Å². The first-order valence-electron chi connectivity index (χ1n) is 6.54. The van der Waals surface area contributed by atoms with Crippen LogP contribution in [0.4, 0.5) is 0 Å². The molecule has 1 rings (SSSR count). The molecule has 0 radical (unpaired) electrons. The van der Waals surface area contributed by atoms with Crippen molar-refractivity contribution in [2.24, 2.45) is 0 Å². The van der Waals surface area contributed by atoms with Crippen LogP contribution in [0, 0.1) is 0 Å². The van der Waals surface area contributed by atoms with Gasteiger partial charge in [-0.3, -0.25) is 0 Å². The summed E-state index contributed by atoms with van der Waals surface area (Å²) in [4.78, 5) is 0. The molecule has 6 nitrogen and oxygen atoms in total. The zero-order valence-electron chi connectivity index (χ0n) is 11.5. The predicted octanol–water partition coefficient (Wildman–Crippen LogP) is 0.0755.